The highest BCUT2D eigenvalue weighted by Crippen LogP contribution is 2.29. The zero-order valence-electron chi connectivity index (χ0n) is 15.7. The molecule has 1 aliphatic heterocycles. The van der Waals surface area contributed by atoms with Gasteiger partial charge in [0.2, 0.25) is 0 Å². The minimum absolute atomic E-state index is 0.153. The molecule has 0 saturated carbocycles. The number of rotatable bonds is 3. The summed E-state index contributed by atoms with van der Waals surface area (Å²) in [5.41, 5.74) is 5.28. The summed E-state index contributed by atoms with van der Waals surface area (Å²) in [6.07, 6.45) is 1.83. The summed E-state index contributed by atoms with van der Waals surface area (Å²) >= 11 is 6.03. The summed E-state index contributed by atoms with van der Waals surface area (Å²) in [4.78, 5) is 19.6. The quantitative estimate of drug-likeness (QED) is 0.524. The van der Waals surface area contributed by atoms with Gasteiger partial charge in [0, 0.05) is 10.6 Å². The molecule has 3 aromatic rings. The van der Waals surface area contributed by atoms with Crippen molar-refractivity contribution in [3.63, 3.8) is 0 Å². The summed E-state index contributed by atoms with van der Waals surface area (Å²) < 4.78 is 0. The Balaban J connectivity index is 1.82. The minimum atomic E-state index is -0.153. The molecule has 1 amide bonds. The lowest BCUT2D eigenvalue weighted by Gasteiger charge is -2.18. The number of halogens is 1. The van der Waals surface area contributed by atoms with Crippen molar-refractivity contribution >= 4 is 35.1 Å². The van der Waals surface area contributed by atoms with Crippen LogP contribution in [0.2, 0.25) is 5.02 Å². The number of benzene rings is 3. The highest BCUT2D eigenvalue weighted by atomic mass is 35.5. The molecule has 0 aliphatic carbocycles. The van der Waals surface area contributed by atoms with Gasteiger partial charge in [-0.05, 0) is 55.8 Å². The van der Waals surface area contributed by atoms with Crippen molar-refractivity contribution in [2.75, 3.05) is 4.90 Å². The maximum absolute atomic E-state index is 13.2. The molecular formula is C24H19ClN2O. The Hall–Kier alpha value is -3.17. The van der Waals surface area contributed by atoms with Crippen LogP contribution in [0.5, 0.6) is 0 Å². The molecule has 3 aromatic carbocycles. The number of hydrogen-bond acceptors (Lipinski definition) is 2. The highest BCUT2D eigenvalue weighted by Gasteiger charge is 2.32. The van der Waals surface area contributed by atoms with Crippen LogP contribution in [-0.4, -0.2) is 11.7 Å². The summed E-state index contributed by atoms with van der Waals surface area (Å²) in [7, 11) is 0. The zero-order chi connectivity index (χ0) is 19.7. The fraction of sp³-hybridized carbons (Fsp3) is 0.0833. The van der Waals surface area contributed by atoms with E-state index in [1.54, 1.807) is 17.0 Å². The van der Waals surface area contributed by atoms with Crippen LogP contribution >= 0.6 is 11.6 Å². The predicted molar refractivity (Wildman–Crippen MR) is 116 cm³/mol. The second-order valence-corrected chi connectivity index (χ2v) is 7.30. The predicted octanol–water partition coefficient (Wildman–Crippen LogP) is 5.79. The van der Waals surface area contributed by atoms with Crippen LogP contribution < -0.4 is 4.90 Å². The third-order valence-electron chi connectivity index (χ3n) is 4.60. The van der Waals surface area contributed by atoms with E-state index in [1.807, 2.05) is 80.6 Å². The Bertz CT molecular complexity index is 1100. The van der Waals surface area contributed by atoms with Crippen molar-refractivity contribution in [3.8, 4) is 0 Å². The molecule has 0 saturated heterocycles. The molecule has 4 rings (SSSR count). The molecule has 0 bridgehead atoms. The van der Waals surface area contributed by atoms with E-state index in [9.17, 15) is 4.79 Å². The second-order valence-electron chi connectivity index (χ2n) is 6.86. The van der Waals surface area contributed by atoms with Gasteiger partial charge in [-0.2, -0.15) is 0 Å². The minimum Gasteiger partial charge on any atom is -0.266 e. The fourth-order valence-corrected chi connectivity index (χ4v) is 3.27. The lowest BCUT2D eigenvalue weighted by molar-refractivity contribution is -0.113. The number of amides is 1. The third-order valence-corrected chi connectivity index (χ3v) is 4.85. The standard InChI is InChI=1S/C24H19ClN2O/c1-16-6-8-18(9-7-16)15-22-24(28)27(21-12-10-20(25)11-13-21)23(26-22)19-5-3-4-17(2)14-19/h3-15H,1-2H3/b22-15+. The molecule has 0 aromatic heterocycles. The first-order valence-electron chi connectivity index (χ1n) is 9.05. The number of carbonyl (C=O) groups excluding carboxylic acids is 1. The van der Waals surface area contributed by atoms with Crippen LogP contribution in [0.4, 0.5) is 5.69 Å². The van der Waals surface area contributed by atoms with E-state index < -0.39 is 0 Å². The first-order chi connectivity index (χ1) is 13.5. The van der Waals surface area contributed by atoms with Gasteiger partial charge in [0.15, 0.2) is 0 Å². The Labute approximate surface area is 169 Å². The molecular weight excluding hydrogens is 368 g/mol. The average Bonchev–Trinajstić information content (AvgIpc) is 3.01. The number of amidine groups is 1. The van der Waals surface area contributed by atoms with Gasteiger partial charge in [-0.25, -0.2) is 4.99 Å². The van der Waals surface area contributed by atoms with Gasteiger partial charge in [-0.3, -0.25) is 9.69 Å². The molecule has 138 valence electrons. The topological polar surface area (TPSA) is 32.7 Å². The first kappa shape index (κ1) is 18.2. The van der Waals surface area contributed by atoms with Gasteiger partial charge in [0.1, 0.15) is 11.5 Å². The molecule has 0 radical (unpaired) electrons. The van der Waals surface area contributed by atoms with E-state index >= 15 is 0 Å². The Morgan fingerprint density at radius 3 is 2.29 bits per heavy atom. The highest BCUT2D eigenvalue weighted by molar-refractivity contribution is 6.34. The average molecular weight is 387 g/mol. The van der Waals surface area contributed by atoms with Crippen molar-refractivity contribution in [1.29, 1.82) is 0 Å². The Morgan fingerprint density at radius 2 is 1.61 bits per heavy atom. The summed E-state index contributed by atoms with van der Waals surface area (Å²) in [5, 5.41) is 0.625. The lowest BCUT2D eigenvalue weighted by Crippen LogP contribution is -2.32. The maximum atomic E-state index is 13.2. The van der Waals surface area contributed by atoms with Gasteiger partial charge in [0.05, 0.1) is 5.69 Å². The van der Waals surface area contributed by atoms with E-state index in [2.05, 4.69) is 0 Å². The second kappa shape index (κ2) is 7.45. The molecule has 0 unspecified atom stereocenters. The molecule has 3 nitrogen and oxygen atoms in total. The van der Waals surface area contributed by atoms with Crippen molar-refractivity contribution in [3.05, 3.63) is 106 Å². The molecule has 0 fully saturated rings. The van der Waals surface area contributed by atoms with E-state index in [0.717, 1.165) is 22.4 Å². The van der Waals surface area contributed by atoms with Crippen LogP contribution in [0, 0.1) is 13.8 Å². The fourth-order valence-electron chi connectivity index (χ4n) is 3.14. The zero-order valence-corrected chi connectivity index (χ0v) is 16.4. The van der Waals surface area contributed by atoms with Gasteiger partial charge in [-0.15, -0.1) is 0 Å². The number of aliphatic imine (C=N–C) groups is 1. The van der Waals surface area contributed by atoms with Crippen molar-refractivity contribution in [2.45, 2.75) is 13.8 Å². The number of hydrogen-bond donors (Lipinski definition) is 0. The molecule has 1 aliphatic rings. The molecule has 28 heavy (non-hydrogen) atoms. The lowest BCUT2D eigenvalue weighted by atomic mass is 10.1. The van der Waals surface area contributed by atoms with Crippen molar-refractivity contribution in [1.82, 2.24) is 0 Å². The number of aryl methyl sites for hydroxylation is 2. The SMILES string of the molecule is Cc1ccc(/C=C2/N=C(c3cccc(C)c3)N(c3ccc(Cl)cc3)C2=O)cc1. The first-order valence-corrected chi connectivity index (χ1v) is 9.43. The van der Waals surface area contributed by atoms with Crippen LogP contribution in [-0.2, 0) is 4.79 Å². The summed E-state index contributed by atoms with van der Waals surface area (Å²) in [5.74, 6) is 0.466. The normalized spacial score (nSPS) is 15.2. The molecule has 0 N–H and O–H groups in total. The number of anilines is 1. The molecule has 1 heterocycles. The number of nitrogens with zero attached hydrogens (tertiary/aromatic N) is 2. The molecule has 0 spiro atoms. The van der Waals surface area contributed by atoms with E-state index in [1.165, 1.54) is 5.56 Å². The van der Waals surface area contributed by atoms with Crippen molar-refractivity contribution < 1.29 is 4.79 Å². The van der Waals surface area contributed by atoms with Gasteiger partial charge >= 0.3 is 0 Å². The summed E-state index contributed by atoms with van der Waals surface area (Å²) in [6.45, 7) is 4.06. The van der Waals surface area contributed by atoms with Gasteiger partial charge in [-0.1, -0.05) is 65.2 Å². The Morgan fingerprint density at radius 1 is 0.893 bits per heavy atom. The third kappa shape index (κ3) is 3.62. The number of carbonyl (C=O) groups is 1. The summed E-state index contributed by atoms with van der Waals surface area (Å²) in [6, 6.07) is 23.2. The van der Waals surface area contributed by atoms with Crippen LogP contribution in [0.1, 0.15) is 22.3 Å². The van der Waals surface area contributed by atoms with E-state index in [-0.39, 0.29) is 5.91 Å². The molecule has 0 atom stereocenters. The maximum Gasteiger partial charge on any atom is 0.282 e. The van der Waals surface area contributed by atoms with Crippen LogP contribution in [0.3, 0.4) is 0 Å². The van der Waals surface area contributed by atoms with Gasteiger partial charge < -0.3 is 0 Å². The monoisotopic (exact) mass is 386 g/mol. The van der Waals surface area contributed by atoms with Gasteiger partial charge in [0.25, 0.3) is 5.91 Å². The van der Waals surface area contributed by atoms with E-state index in [0.29, 0.717) is 16.6 Å². The Kier molecular flexibility index (Phi) is 4.84. The smallest absolute Gasteiger partial charge is 0.266 e. The van der Waals surface area contributed by atoms with Crippen LogP contribution in [0.15, 0.2) is 83.5 Å². The van der Waals surface area contributed by atoms with E-state index in [4.69, 9.17) is 16.6 Å². The van der Waals surface area contributed by atoms with Crippen molar-refractivity contribution in [2.24, 2.45) is 4.99 Å². The largest absolute Gasteiger partial charge is 0.282 e. The molecule has 4 heteroatoms. The van der Waals surface area contributed by atoms with Crippen LogP contribution in [0.25, 0.3) is 6.08 Å².